The molecule has 44 heavy (non-hydrogen) atoms. The molecule has 12 nitrogen and oxygen atoms in total. The van der Waals surface area contributed by atoms with E-state index in [-0.39, 0.29) is 18.9 Å². The van der Waals surface area contributed by atoms with Crippen LogP contribution in [0.4, 0.5) is 18.0 Å². The molecule has 0 spiro atoms. The Bertz CT molecular complexity index is 1110. The fraction of sp³-hybridized carbons (Fsp3) is 0.793. The van der Waals surface area contributed by atoms with Gasteiger partial charge in [-0.05, 0) is 36.0 Å². The summed E-state index contributed by atoms with van der Waals surface area (Å²) < 4.78 is 38.9. The zero-order valence-corrected chi connectivity index (χ0v) is 26.6. The van der Waals surface area contributed by atoms with E-state index in [0.29, 0.717) is 17.7 Å². The molecule has 1 saturated heterocycles. The zero-order chi connectivity index (χ0) is 33.8. The predicted octanol–water partition coefficient (Wildman–Crippen LogP) is 1.86. The van der Waals surface area contributed by atoms with Crippen molar-refractivity contribution in [3.63, 3.8) is 0 Å². The van der Waals surface area contributed by atoms with Gasteiger partial charge in [-0.15, -0.1) is 0 Å². The number of urea groups is 1. The van der Waals surface area contributed by atoms with Crippen LogP contribution in [-0.4, -0.2) is 95.7 Å². The lowest BCUT2D eigenvalue weighted by Crippen LogP contribution is -2.62. The molecule has 2 aliphatic rings. The zero-order valence-electron chi connectivity index (χ0n) is 26.6. The molecule has 1 aliphatic carbocycles. The number of likely N-dealkylation sites (tertiary alicyclic amines) is 1. The summed E-state index contributed by atoms with van der Waals surface area (Å²) in [6.45, 7) is 9.94. The van der Waals surface area contributed by atoms with E-state index in [2.05, 4.69) is 16.0 Å². The number of nitrogens with one attached hydrogen (secondary N) is 3. The Hall–Kier alpha value is -3.39. The number of nitrogens with two attached hydrogens (primary N) is 1. The van der Waals surface area contributed by atoms with Crippen molar-refractivity contribution in [1.82, 2.24) is 25.8 Å². The third-order valence-electron chi connectivity index (χ3n) is 8.29. The third kappa shape index (κ3) is 9.81. The number of halogens is 3. The maximum absolute atomic E-state index is 13.8. The standard InChI is InChI=1S/C29H47F3N6O6/c1-27(2,3)19(15-37(7)25(43)29(30,31)32)35-26(44)36-21(28(4,5)6)24(42)38-13-9-12-18(38)23(41)34-17(20(39)22(33)40)14-16-10-8-11-16/h16-19,21H,8-15H2,1-7H3,(H2,33,40)(H,34,41)(H2,35,36,44). The van der Waals surface area contributed by atoms with Gasteiger partial charge >= 0.3 is 18.1 Å². The van der Waals surface area contributed by atoms with E-state index >= 15 is 0 Å². The molecule has 6 amide bonds. The first-order valence-corrected chi connectivity index (χ1v) is 14.9. The van der Waals surface area contributed by atoms with Gasteiger partial charge in [0.2, 0.25) is 17.6 Å². The monoisotopic (exact) mass is 632 g/mol. The molecule has 0 aromatic heterocycles. The Morgan fingerprint density at radius 1 is 0.886 bits per heavy atom. The number of hydrogen-bond acceptors (Lipinski definition) is 6. The maximum atomic E-state index is 13.8. The summed E-state index contributed by atoms with van der Waals surface area (Å²) in [6, 6.07) is -4.95. The molecule has 0 aromatic rings. The second-order valence-corrected chi connectivity index (χ2v) is 14.0. The lowest BCUT2D eigenvalue weighted by molar-refractivity contribution is -0.184. The van der Waals surface area contributed by atoms with Crippen molar-refractivity contribution >= 4 is 35.4 Å². The topological polar surface area (TPSA) is 171 Å². The van der Waals surface area contributed by atoms with Gasteiger partial charge in [0.15, 0.2) is 0 Å². The highest BCUT2D eigenvalue weighted by atomic mass is 19.4. The average Bonchev–Trinajstić information content (AvgIpc) is 3.35. The number of primary amides is 1. The molecule has 0 aromatic carbocycles. The summed E-state index contributed by atoms with van der Waals surface area (Å²) >= 11 is 0. The molecule has 1 saturated carbocycles. The number of alkyl halides is 3. The molecule has 15 heteroatoms. The van der Waals surface area contributed by atoms with Crippen molar-refractivity contribution in [2.24, 2.45) is 22.5 Å². The van der Waals surface area contributed by atoms with Gasteiger partial charge in [-0.25, -0.2) is 4.79 Å². The van der Waals surface area contributed by atoms with Crippen LogP contribution in [0.15, 0.2) is 0 Å². The Morgan fingerprint density at radius 3 is 1.93 bits per heavy atom. The Balaban J connectivity index is 2.19. The molecule has 0 bridgehead atoms. The van der Waals surface area contributed by atoms with Crippen LogP contribution in [0.3, 0.4) is 0 Å². The second kappa shape index (κ2) is 14.1. The summed E-state index contributed by atoms with van der Waals surface area (Å²) in [5.41, 5.74) is 3.59. The molecule has 2 fully saturated rings. The lowest BCUT2D eigenvalue weighted by Gasteiger charge is -2.38. The number of rotatable bonds is 11. The minimum atomic E-state index is -5.08. The third-order valence-corrected chi connectivity index (χ3v) is 8.29. The molecule has 5 N–H and O–H groups in total. The molecule has 1 heterocycles. The van der Waals surface area contributed by atoms with Gasteiger partial charge in [-0.1, -0.05) is 60.8 Å². The number of carbonyl (C=O) groups is 6. The minimum absolute atomic E-state index is 0.182. The Labute approximate surface area is 256 Å². The van der Waals surface area contributed by atoms with Crippen molar-refractivity contribution in [2.75, 3.05) is 20.1 Å². The van der Waals surface area contributed by atoms with Crippen LogP contribution in [-0.2, 0) is 24.0 Å². The summed E-state index contributed by atoms with van der Waals surface area (Å²) in [7, 11) is 0.988. The fourth-order valence-corrected chi connectivity index (χ4v) is 5.29. The van der Waals surface area contributed by atoms with Crippen molar-refractivity contribution in [2.45, 2.75) is 110 Å². The normalized spacial score (nSPS) is 19.7. The number of carbonyl (C=O) groups excluding carboxylic acids is 6. The Morgan fingerprint density at radius 2 is 1.48 bits per heavy atom. The molecule has 1 aliphatic heterocycles. The van der Waals surface area contributed by atoms with E-state index in [9.17, 15) is 41.9 Å². The van der Waals surface area contributed by atoms with Gasteiger partial charge in [0.25, 0.3) is 5.91 Å². The first kappa shape index (κ1) is 36.8. The van der Waals surface area contributed by atoms with Gasteiger partial charge in [0.1, 0.15) is 12.1 Å². The number of likely N-dealkylation sites (N-methyl/N-ethyl adjacent to an activating group) is 1. The van der Waals surface area contributed by atoms with Crippen LogP contribution in [0, 0.1) is 16.7 Å². The largest absolute Gasteiger partial charge is 0.471 e. The second-order valence-electron chi connectivity index (χ2n) is 14.0. The molecule has 250 valence electrons. The van der Waals surface area contributed by atoms with Crippen LogP contribution in [0.1, 0.15) is 80.1 Å². The van der Waals surface area contributed by atoms with Gasteiger partial charge in [0.05, 0.1) is 12.1 Å². The highest BCUT2D eigenvalue weighted by Gasteiger charge is 2.45. The maximum Gasteiger partial charge on any atom is 0.471 e. The number of Topliss-reactive ketones (excluding diaryl/α,β-unsaturated/α-hetero) is 1. The predicted molar refractivity (Wildman–Crippen MR) is 155 cm³/mol. The molecular formula is C29H47F3N6O6. The van der Waals surface area contributed by atoms with E-state index < -0.39 is 83.2 Å². The molecular weight excluding hydrogens is 585 g/mol. The van der Waals surface area contributed by atoms with Gasteiger partial charge in [0, 0.05) is 20.1 Å². The van der Waals surface area contributed by atoms with Crippen molar-refractivity contribution in [3.8, 4) is 0 Å². The lowest BCUT2D eigenvalue weighted by atomic mass is 9.80. The quantitative estimate of drug-likeness (QED) is 0.253. The van der Waals surface area contributed by atoms with Crippen LogP contribution in [0.25, 0.3) is 0 Å². The fourth-order valence-electron chi connectivity index (χ4n) is 5.29. The number of ketones is 1. The minimum Gasteiger partial charge on any atom is -0.363 e. The average molecular weight is 633 g/mol. The molecule has 0 radical (unpaired) electrons. The van der Waals surface area contributed by atoms with E-state index in [1.165, 1.54) is 4.90 Å². The molecule has 2 rings (SSSR count). The molecule has 4 atom stereocenters. The molecule has 4 unspecified atom stereocenters. The number of hydrogen-bond donors (Lipinski definition) is 4. The van der Waals surface area contributed by atoms with Gasteiger partial charge in [-0.2, -0.15) is 13.2 Å². The van der Waals surface area contributed by atoms with Crippen molar-refractivity contribution in [3.05, 3.63) is 0 Å². The first-order valence-electron chi connectivity index (χ1n) is 14.9. The summed E-state index contributed by atoms with van der Waals surface area (Å²) in [4.78, 5) is 78.0. The smallest absolute Gasteiger partial charge is 0.363 e. The van der Waals surface area contributed by atoms with E-state index in [4.69, 9.17) is 5.73 Å². The number of nitrogens with zero attached hydrogens (tertiary/aromatic N) is 2. The highest BCUT2D eigenvalue weighted by molar-refractivity contribution is 6.37. The van der Waals surface area contributed by atoms with E-state index in [0.717, 1.165) is 26.3 Å². The van der Waals surface area contributed by atoms with Gasteiger partial charge in [-0.3, -0.25) is 24.0 Å². The van der Waals surface area contributed by atoms with Crippen molar-refractivity contribution in [1.29, 1.82) is 0 Å². The number of amides is 6. The SMILES string of the molecule is CN(CC(NC(=O)NC(C(=O)N1CCCC1C(=O)NC(CC1CCC1)C(=O)C(N)=O)C(C)(C)C)C(C)(C)C)C(=O)C(F)(F)F. The Kier molecular flexibility index (Phi) is 11.8. The van der Waals surface area contributed by atoms with Crippen LogP contribution in [0.2, 0.25) is 0 Å². The first-order chi connectivity index (χ1) is 20.0. The summed E-state index contributed by atoms with van der Waals surface area (Å²) in [5, 5.41) is 7.87. The van der Waals surface area contributed by atoms with E-state index in [1.807, 2.05) is 0 Å². The summed E-state index contributed by atoms with van der Waals surface area (Å²) in [5.74, 6) is -5.08. The van der Waals surface area contributed by atoms with Crippen molar-refractivity contribution < 1.29 is 41.9 Å². The van der Waals surface area contributed by atoms with Crippen LogP contribution in [0.5, 0.6) is 0 Å². The van der Waals surface area contributed by atoms with Crippen LogP contribution < -0.4 is 21.7 Å². The highest BCUT2D eigenvalue weighted by Crippen LogP contribution is 2.31. The summed E-state index contributed by atoms with van der Waals surface area (Å²) in [6.07, 6.45) is -1.28. The van der Waals surface area contributed by atoms with Gasteiger partial charge < -0.3 is 31.5 Å². The van der Waals surface area contributed by atoms with E-state index in [1.54, 1.807) is 41.5 Å². The van der Waals surface area contributed by atoms with Crippen LogP contribution >= 0.6 is 0 Å².